The number of fused-ring (bicyclic) bond motifs is 1. The average molecular weight is 793 g/mol. The molecule has 3 aromatic carbocycles. The highest BCUT2D eigenvalue weighted by Gasteiger charge is 2.34. The Morgan fingerprint density at radius 3 is 2.20 bits per heavy atom. The lowest BCUT2D eigenvalue weighted by molar-refractivity contribution is -0.143. The molecule has 290 valence electrons. The molecule has 0 spiro atoms. The molecule has 55 heavy (non-hydrogen) atoms. The van der Waals surface area contributed by atoms with Gasteiger partial charge in [-0.15, -0.1) is 0 Å². The Bertz CT molecular complexity index is 2280. The summed E-state index contributed by atoms with van der Waals surface area (Å²) in [6.07, 6.45) is 1.67. The van der Waals surface area contributed by atoms with Crippen molar-refractivity contribution < 1.29 is 47.5 Å². The van der Waals surface area contributed by atoms with Crippen LogP contribution in [-0.2, 0) is 30.4 Å². The van der Waals surface area contributed by atoms with Crippen LogP contribution in [-0.4, -0.2) is 62.6 Å². The third-order valence-corrected chi connectivity index (χ3v) is 9.41. The van der Waals surface area contributed by atoms with E-state index >= 15 is 0 Å². The van der Waals surface area contributed by atoms with Crippen LogP contribution in [0.4, 0.5) is 0 Å². The Kier molecular flexibility index (Phi) is 13.7. The highest BCUT2D eigenvalue weighted by atomic mass is 35.5. The summed E-state index contributed by atoms with van der Waals surface area (Å²) >= 11 is 7.91. The summed E-state index contributed by atoms with van der Waals surface area (Å²) < 4.78 is 40.4. The van der Waals surface area contributed by atoms with E-state index in [0.29, 0.717) is 55.6 Å². The van der Waals surface area contributed by atoms with E-state index in [9.17, 15) is 19.2 Å². The van der Waals surface area contributed by atoms with Crippen molar-refractivity contribution in [2.24, 2.45) is 4.99 Å². The summed E-state index contributed by atoms with van der Waals surface area (Å²) in [5.74, 6) is -0.327. The second-order valence-corrected chi connectivity index (χ2v) is 13.2. The van der Waals surface area contributed by atoms with E-state index in [4.69, 9.17) is 44.8 Å². The number of aromatic nitrogens is 1. The van der Waals surface area contributed by atoms with Gasteiger partial charge >= 0.3 is 17.9 Å². The van der Waals surface area contributed by atoms with Gasteiger partial charge in [0.1, 0.15) is 6.61 Å². The summed E-state index contributed by atoms with van der Waals surface area (Å²) in [4.78, 5) is 56.6. The Balaban J connectivity index is 1.54. The van der Waals surface area contributed by atoms with E-state index in [1.54, 1.807) is 88.4 Å². The number of carbonyl (C=O) groups excluding carboxylic acids is 3. The van der Waals surface area contributed by atoms with Crippen LogP contribution >= 0.6 is 22.9 Å². The molecule has 0 saturated heterocycles. The van der Waals surface area contributed by atoms with E-state index in [0.717, 1.165) is 16.9 Å². The lowest BCUT2D eigenvalue weighted by Crippen LogP contribution is -2.40. The second kappa shape index (κ2) is 18.6. The van der Waals surface area contributed by atoms with E-state index in [1.165, 1.54) is 11.7 Å². The van der Waals surface area contributed by atoms with Gasteiger partial charge in [0.25, 0.3) is 5.56 Å². The van der Waals surface area contributed by atoms with E-state index < -0.39 is 29.5 Å². The quantitative estimate of drug-likeness (QED) is 0.104. The first kappa shape index (κ1) is 40.6. The van der Waals surface area contributed by atoms with Crippen LogP contribution < -0.4 is 33.8 Å². The van der Waals surface area contributed by atoms with E-state index in [2.05, 4.69) is 4.99 Å². The maximum Gasteiger partial charge on any atom is 0.343 e. The van der Waals surface area contributed by atoms with Crippen LogP contribution in [0.5, 0.6) is 23.0 Å². The summed E-state index contributed by atoms with van der Waals surface area (Å²) in [5, 5.41) is 0.254. The van der Waals surface area contributed by atoms with Crippen molar-refractivity contribution in [1.82, 2.24) is 4.57 Å². The zero-order valence-corrected chi connectivity index (χ0v) is 32.8. The fraction of sp³-hybridized carbons (Fsp3) is 0.325. The Morgan fingerprint density at radius 1 is 0.836 bits per heavy atom. The molecule has 0 bridgehead atoms. The summed E-state index contributed by atoms with van der Waals surface area (Å²) in [7, 11) is 1.26. The molecule has 0 amide bonds. The van der Waals surface area contributed by atoms with E-state index in [1.807, 2.05) is 6.92 Å². The van der Waals surface area contributed by atoms with Gasteiger partial charge in [0.2, 0.25) is 0 Å². The fourth-order valence-corrected chi connectivity index (χ4v) is 7.04. The SMILES string of the molecule is CCOC(=O)C1=C(C)N=c2s/c(=C/c3cc(Cl)c(OCc4ccc(C(=O)OCC)cc4)c(OCC)c3)c(=O)n2[C@@H]1c1ccc(OCC(=O)OC)c(OCC)c1. The molecule has 4 aromatic rings. The molecule has 1 aliphatic heterocycles. The van der Waals surface area contributed by atoms with Crippen LogP contribution in [0.1, 0.15) is 67.7 Å². The van der Waals surface area contributed by atoms with Crippen LogP contribution in [0, 0.1) is 0 Å². The van der Waals surface area contributed by atoms with Crippen LogP contribution in [0.2, 0.25) is 5.02 Å². The third-order valence-electron chi connectivity index (χ3n) is 8.15. The standard InChI is InChI=1S/C40H41ClN2O11S/c1-7-49-30-20-27(15-16-29(30)53-22-33(44)48-6)35-34(39(47)52-10-4)23(5)42-40-43(35)37(45)32(55-40)19-25-17-28(41)36(31(18-25)50-8-2)54-21-24-11-13-26(14-12-24)38(46)51-9-3/h11-20,35H,7-10,21-22H2,1-6H3/b32-19+/t35-/m1/s1. The van der Waals surface area contributed by atoms with Crippen molar-refractivity contribution >= 4 is 46.9 Å². The average Bonchev–Trinajstić information content (AvgIpc) is 3.47. The topological polar surface area (TPSA) is 150 Å². The monoisotopic (exact) mass is 792 g/mol. The molecule has 1 aliphatic rings. The number of ether oxygens (including phenoxy) is 7. The number of rotatable bonds is 16. The lowest BCUT2D eigenvalue weighted by Gasteiger charge is -2.25. The minimum atomic E-state index is -0.934. The molecule has 0 fully saturated rings. The molecule has 5 rings (SSSR count). The highest BCUT2D eigenvalue weighted by Crippen LogP contribution is 2.38. The van der Waals surface area contributed by atoms with Crippen LogP contribution in [0.25, 0.3) is 6.08 Å². The van der Waals surface area contributed by atoms with Gasteiger partial charge in [-0.25, -0.2) is 19.4 Å². The first-order chi connectivity index (χ1) is 26.5. The number of nitrogens with zero attached hydrogens (tertiary/aromatic N) is 2. The number of thiazole rings is 1. The molecule has 15 heteroatoms. The first-order valence-electron chi connectivity index (χ1n) is 17.5. The van der Waals surface area contributed by atoms with Crippen LogP contribution in [0.15, 0.2) is 75.7 Å². The van der Waals surface area contributed by atoms with Crippen molar-refractivity contribution in [3.05, 3.63) is 113 Å². The van der Waals surface area contributed by atoms with Gasteiger partial charge in [0.15, 0.2) is 34.4 Å². The van der Waals surface area contributed by atoms with Gasteiger partial charge in [-0.05, 0) is 93.8 Å². The normalized spacial score (nSPS) is 13.7. The zero-order valence-electron chi connectivity index (χ0n) is 31.3. The largest absolute Gasteiger partial charge is 0.490 e. The van der Waals surface area contributed by atoms with Gasteiger partial charge in [0.05, 0.1) is 66.0 Å². The fourth-order valence-electron chi connectivity index (χ4n) is 5.72. The molecule has 13 nitrogen and oxygen atoms in total. The van der Waals surface area contributed by atoms with Crippen molar-refractivity contribution in [1.29, 1.82) is 0 Å². The predicted octanol–water partition coefficient (Wildman–Crippen LogP) is 5.56. The van der Waals surface area contributed by atoms with Crippen molar-refractivity contribution in [3.8, 4) is 23.0 Å². The minimum absolute atomic E-state index is 0.113. The number of carbonyl (C=O) groups is 3. The molecule has 1 aromatic heterocycles. The minimum Gasteiger partial charge on any atom is -0.490 e. The van der Waals surface area contributed by atoms with Gasteiger partial charge in [0, 0.05) is 0 Å². The highest BCUT2D eigenvalue weighted by molar-refractivity contribution is 7.07. The smallest absolute Gasteiger partial charge is 0.343 e. The Labute approximate surface area is 326 Å². The molecule has 0 N–H and O–H groups in total. The predicted molar refractivity (Wildman–Crippen MR) is 205 cm³/mol. The van der Waals surface area contributed by atoms with Gasteiger partial charge < -0.3 is 33.2 Å². The number of allylic oxidation sites excluding steroid dienone is 1. The number of hydrogen-bond donors (Lipinski definition) is 0. The number of methoxy groups -OCH3 is 1. The molecular weight excluding hydrogens is 752 g/mol. The second-order valence-electron chi connectivity index (χ2n) is 11.8. The molecule has 0 unspecified atom stereocenters. The number of benzene rings is 3. The van der Waals surface area contributed by atoms with Crippen LogP contribution in [0.3, 0.4) is 0 Å². The van der Waals surface area contributed by atoms with Gasteiger partial charge in [-0.1, -0.05) is 41.1 Å². The molecule has 0 aliphatic carbocycles. The summed E-state index contributed by atoms with van der Waals surface area (Å²) in [6, 6.07) is 14.3. The van der Waals surface area contributed by atoms with Crippen molar-refractivity contribution in [2.45, 2.75) is 47.3 Å². The molecule has 0 radical (unpaired) electrons. The molecular formula is C40H41ClN2O11S. The summed E-state index contributed by atoms with van der Waals surface area (Å²) in [5.41, 5.74) is 2.48. The Hall–Kier alpha value is -5.60. The maximum atomic E-state index is 14.3. The maximum absolute atomic E-state index is 14.3. The first-order valence-corrected chi connectivity index (χ1v) is 18.7. The van der Waals surface area contributed by atoms with E-state index in [-0.39, 0.29) is 49.4 Å². The zero-order chi connectivity index (χ0) is 39.6. The van der Waals surface area contributed by atoms with Gasteiger partial charge in [-0.3, -0.25) is 9.36 Å². The van der Waals surface area contributed by atoms with Gasteiger partial charge in [-0.2, -0.15) is 0 Å². The number of hydrogen-bond acceptors (Lipinski definition) is 13. The molecule has 0 saturated carbocycles. The lowest BCUT2D eigenvalue weighted by atomic mass is 9.95. The number of halogens is 1. The molecule has 2 heterocycles. The van der Waals surface area contributed by atoms with Crippen molar-refractivity contribution in [2.75, 3.05) is 40.1 Å². The number of esters is 3. The molecule has 1 atom stereocenters. The Morgan fingerprint density at radius 2 is 1.53 bits per heavy atom. The van der Waals surface area contributed by atoms with Crippen molar-refractivity contribution in [3.63, 3.8) is 0 Å². The summed E-state index contributed by atoms with van der Waals surface area (Å²) in [6.45, 7) is 9.55. The third kappa shape index (κ3) is 9.38.